The smallest absolute Gasteiger partial charge is 0.313 e. The van der Waals surface area contributed by atoms with Crippen molar-refractivity contribution in [1.82, 2.24) is 5.32 Å². The van der Waals surface area contributed by atoms with Gasteiger partial charge in [0.2, 0.25) is 0 Å². The molecule has 0 spiro atoms. The first kappa shape index (κ1) is 18.0. The third kappa shape index (κ3) is 5.72. The van der Waals surface area contributed by atoms with Gasteiger partial charge in [0.25, 0.3) is 0 Å². The fourth-order valence-electron chi connectivity index (χ4n) is 2.14. The summed E-state index contributed by atoms with van der Waals surface area (Å²) in [4.78, 5) is 24.7. The van der Waals surface area contributed by atoms with E-state index in [0.29, 0.717) is 12.1 Å². The van der Waals surface area contributed by atoms with E-state index in [1.54, 1.807) is 23.9 Å². The summed E-state index contributed by atoms with van der Waals surface area (Å²) < 4.78 is 0. The van der Waals surface area contributed by atoms with Gasteiger partial charge in [0.15, 0.2) is 0 Å². The summed E-state index contributed by atoms with van der Waals surface area (Å²) in [5.41, 5.74) is 1.53. The predicted octanol–water partition coefficient (Wildman–Crippen LogP) is 2.07. The molecule has 24 heavy (non-hydrogen) atoms. The van der Waals surface area contributed by atoms with Crippen molar-refractivity contribution in [3.8, 4) is 0 Å². The van der Waals surface area contributed by atoms with Crippen molar-refractivity contribution in [2.75, 3.05) is 18.1 Å². The van der Waals surface area contributed by atoms with Crippen molar-refractivity contribution < 1.29 is 14.7 Å². The van der Waals surface area contributed by atoms with Gasteiger partial charge in [-0.05, 0) is 30.0 Å². The Kier molecular flexibility index (Phi) is 6.84. The zero-order chi connectivity index (χ0) is 17.4. The number of anilines is 1. The Balaban J connectivity index is 1.79. The zero-order valence-corrected chi connectivity index (χ0v) is 14.2. The van der Waals surface area contributed by atoms with E-state index in [4.69, 9.17) is 0 Å². The van der Waals surface area contributed by atoms with Gasteiger partial charge in [-0.2, -0.15) is 0 Å². The minimum absolute atomic E-state index is 0.0198. The van der Waals surface area contributed by atoms with Gasteiger partial charge in [0, 0.05) is 23.5 Å². The number of aliphatic hydroxyl groups excluding tert-OH is 1. The number of hydrogen-bond donors (Lipinski definition) is 3. The van der Waals surface area contributed by atoms with Crippen LogP contribution in [0.25, 0.3) is 0 Å². The largest absolute Gasteiger partial charge is 0.391 e. The minimum atomic E-state index is -0.767. The standard InChI is InChI=1S/C18H20N2O3S/c1-24-16-9-5-8-14(11-16)20-18(23)17(22)19-12-15(21)10-13-6-3-2-4-7-13/h2-9,11,15,21H,10,12H2,1H3,(H,19,22)(H,20,23). The van der Waals surface area contributed by atoms with E-state index in [2.05, 4.69) is 10.6 Å². The molecule has 2 aromatic rings. The van der Waals surface area contributed by atoms with Crippen molar-refractivity contribution in [2.45, 2.75) is 17.4 Å². The molecule has 0 saturated carbocycles. The van der Waals surface area contributed by atoms with E-state index in [1.807, 2.05) is 48.7 Å². The average Bonchev–Trinajstić information content (AvgIpc) is 2.60. The fourth-order valence-corrected chi connectivity index (χ4v) is 2.60. The Bertz CT molecular complexity index is 692. The van der Waals surface area contributed by atoms with Crippen LogP contribution in [0.15, 0.2) is 59.5 Å². The van der Waals surface area contributed by atoms with Gasteiger partial charge in [0.1, 0.15) is 0 Å². The fraction of sp³-hybridized carbons (Fsp3) is 0.222. The molecule has 0 bridgehead atoms. The molecule has 0 aromatic heterocycles. The van der Waals surface area contributed by atoms with Gasteiger partial charge in [-0.3, -0.25) is 9.59 Å². The second-order valence-corrected chi connectivity index (χ2v) is 6.12. The molecule has 2 aromatic carbocycles. The Labute approximate surface area is 145 Å². The molecule has 0 saturated heterocycles. The van der Waals surface area contributed by atoms with Crippen LogP contribution < -0.4 is 10.6 Å². The maximum atomic E-state index is 11.9. The molecule has 3 N–H and O–H groups in total. The van der Waals surface area contributed by atoms with Crippen LogP contribution in [0.4, 0.5) is 5.69 Å². The molecule has 2 amide bonds. The molecule has 0 aliphatic heterocycles. The molecule has 126 valence electrons. The molecule has 0 aliphatic carbocycles. The first-order valence-corrected chi connectivity index (χ1v) is 8.76. The maximum absolute atomic E-state index is 11.9. The Morgan fingerprint density at radius 2 is 1.83 bits per heavy atom. The van der Waals surface area contributed by atoms with E-state index in [9.17, 15) is 14.7 Å². The second-order valence-electron chi connectivity index (χ2n) is 5.24. The van der Waals surface area contributed by atoms with Crippen molar-refractivity contribution in [1.29, 1.82) is 0 Å². The molecule has 0 aliphatic rings. The average molecular weight is 344 g/mol. The van der Waals surface area contributed by atoms with Crippen LogP contribution in [0.5, 0.6) is 0 Å². The highest BCUT2D eigenvalue weighted by Gasteiger charge is 2.15. The number of carbonyl (C=O) groups is 2. The highest BCUT2D eigenvalue weighted by Crippen LogP contribution is 2.18. The maximum Gasteiger partial charge on any atom is 0.313 e. The Hall–Kier alpha value is -2.31. The van der Waals surface area contributed by atoms with Crippen LogP contribution in [-0.4, -0.2) is 35.8 Å². The number of thioether (sulfide) groups is 1. The van der Waals surface area contributed by atoms with Crippen LogP contribution in [0.3, 0.4) is 0 Å². The van der Waals surface area contributed by atoms with E-state index in [1.165, 1.54) is 0 Å². The highest BCUT2D eigenvalue weighted by molar-refractivity contribution is 7.98. The normalized spacial score (nSPS) is 11.6. The quantitative estimate of drug-likeness (QED) is 0.554. The lowest BCUT2D eigenvalue weighted by atomic mass is 10.1. The van der Waals surface area contributed by atoms with E-state index in [-0.39, 0.29) is 6.54 Å². The third-order valence-electron chi connectivity index (χ3n) is 3.35. The number of benzene rings is 2. The lowest BCUT2D eigenvalue weighted by Crippen LogP contribution is -2.40. The van der Waals surface area contributed by atoms with Gasteiger partial charge >= 0.3 is 11.8 Å². The molecular formula is C18H20N2O3S. The number of carbonyl (C=O) groups excluding carboxylic acids is 2. The van der Waals surface area contributed by atoms with Crippen molar-refractivity contribution >= 4 is 29.3 Å². The monoisotopic (exact) mass is 344 g/mol. The first-order valence-electron chi connectivity index (χ1n) is 7.53. The molecule has 5 nitrogen and oxygen atoms in total. The summed E-state index contributed by atoms with van der Waals surface area (Å²) in [6.45, 7) is 0.0198. The second kappa shape index (κ2) is 9.10. The molecule has 1 unspecified atom stereocenters. The van der Waals surface area contributed by atoms with E-state index in [0.717, 1.165) is 10.5 Å². The van der Waals surface area contributed by atoms with Crippen LogP contribution >= 0.6 is 11.8 Å². The molecule has 1 atom stereocenters. The zero-order valence-electron chi connectivity index (χ0n) is 13.4. The van der Waals surface area contributed by atoms with Crippen LogP contribution in [0, 0.1) is 0 Å². The molecule has 0 radical (unpaired) electrons. The lowest BCUT2D eigenvalue weighted by Gasteiger charge is -2.12. The topological polar surface area (TPSA) is 78.4 Å². The number of rotatable bonds is 6. The van der Waals surface area contributed by atoms with Gasteiger partial charge in [-0.1, -0.05) is 36.4 Å². The summed E-state index contributed by atoms with van der Waals surface area (Å²) >= 11 is 1.55. The summed E-state index contributed by atoms with van der Waals surface area (Å²) in [7, 11) is 0. The molecule has 0 heterocycles. The molecular weight excluding hydrogens is 324 g/mol. The summed E-state index contributed by atoms with van der Waals surface area (Å²) in [6, 6.07) is 16.7. The van der Waals surface area contributed by atoms with Crippen LogP contribution in [0.1, 0.15) is 5.56 Å². The molecule has 0 fully saturated rings. The summed E-state index contributed by atoms with van der Waals surface area (Å²) in [5, 5.41) is 14.9. The number of aliphatic hydroxyl groups is 1. The molecule has 2 rings (SSSR count). The van der Waals surface area contributed by atoms with Crippen LogP contribution in [0.2, 0.25) is 0 Å². The third-order valence-corrected chi connectivity index (χ3v) is 4.07. The lowest BCUT2D eigenvalue weighted by molar-refractivity contribution is -0.136. The van der Waals surface area contributed by atoms with Crippen molar-refractivity contribution in [3.05, 3.63) is 60.2 Å². The summed E-state index contributed by atoms with van der Waals surface area (Å²) in [5.74, 6) is -1.52. The van der Waals surface area contributed by atoms with Gasteiger partial charge in [0.05, 0.1) is 6.10 Å². The minimum Gasteiger partial charge on any atom is -0.391 e. The predicted molar refractivity (Wildman–Crippen MR) is 96.0 cm³/mol. The van der Waals surface area contributed by atoms with E-state index < -0.39 is 17.9 Å². The number of amides is 2. The molecule has 6 heteroatoms. The van der Waals surface area contributed by atoms with Gasteiger partial charge in [-0.15, -0.1) is 11.8 Å². The van der Waals surface area contributed by atoms with Gasteiger partial charge < -0.3 is 15.7 Å². The number of nitrogens with one attached hydrogen (secondary N) is 2. The van der Waals surface area contributed by atoms with Crippen molar-refractivity contribution in [2.24, 2.45) is 0 Å². The Morgan fingerprint density at radius 1 is 1.08 bits per heavy atom. The van der Waals surface area contributed by atoms with E-state index >= 15 is 0 Å². The summed E-state index contributed by atoms with van der Waals surface area (Å²) in [6.07, 6.45) is 1.60. The highest BCUT2D eigenvalue weighted by atomic mass is 32.2. The van der Waals surface area contributed by atoms with Crippen LogP contribution in [-0.2, 0) is 16.0 Å². The Morgan fingerprint density at radius 3 is 2.54 bits per heavy atom. The van der Waals surface area contributed by atoms with Gasteiger partial charge in [-0.25, -0.2) is 0 Å². The van der Waals surface area contributed by atoms with Crippen molar-refractivity contribution in [3.63, 3.8) is 0 Å². The first-order chi connectivity index (χ1) is 11.6. The number of hydrogen-bond acceptors (Lipinski definition) is 4. The SMILES string of the molecule is CSc1cccc(NC(=O)C(=O)NCC(O)Cc2ccccc2)c1.